The minimum atomic E-state index is -0.579. The number of hydrogen-bond acceptors (Lipinski definition) is 8. The highest BCUT2D eigenvalue weighted by molar-refractivity contribution is 8.01. The van der Waals surface area contributed by atoms with Crippen LogP contribution in [0.4, 0.5) is 11.4 Å². The van der Waals surface area contributed by atoms with Crippen LogP contribution in [0.2, 0.25) is 5.02 Å². The Bertz CT molecular complexity index is 1110. The molecular formula is C17H13ClN4O4S3. The van der Waals surface area contributed by atoms with E-state index in [4.69, 9.17) is 28.6 Å². The number of rotatable bonds is 7. The molecule has 0 saturated heterocycles. The Morgan fingerprint density at radius 1 is 1.38 bits per heavy atom. The van der Waals surface area contributed by atoms with Crippen LogP contribution in [0.5, 0.6) is 5.75 Å². The molecule has 0 unspecified atom stereocenters. The third-order valence-corrected chi connectivity index (χ3v) is 6.22. The van der Waals surface area contributed by atoms with Crippen LogP contribution in [0.1, 0.15) is 0 Å². The summed E-state index contributed by atoms with van der Waals surface area (Å²) in [6.07, 6.45) is 0. The average Bonchev–Trinajstić information content (AvgIpc) is 3.07. The quantitative estimate of drug-likeness (QED) is 0.226. The number of halogens is 1. The minimum absolute atomic E-state index is 0.0199. The van der Waals surface area contributed by atoms with Crippen LogP contribution >= 0.6 is 46.9 Å². The fourth-order valence-electron chi connectivity index (χ4n) is 2.27. The summed E-state index contributed by atoms with van der Waals surface area (Å²) in [5.41, 5.74) is 0.618. The highest BCUT2D eigenvalue weighted by atomic mass is 35.5. The van der Waals surface area contributed by atoms with Crippen LogP contribution in [0.3, 0.4) is 0 Å². The number of methoxy groups -OCH3 is 1. The molecule has 0 bridgehead atoms. The van der Waals surface area contributed by atoms with Crippen molar-refractivity contribution in [2.24, 2.45) is 0 Å². The molecule has 0 aliphatic carbocycles. The summed E-state index contributed by atoms with van der Waals surface area (Å²) >= 11 is 13.7. The number of aromatic nitrogens is 2. The monoisotopic (exact) mass is 468 g/mol. The summed E-state index contributed by atoms with van der Waals surface area (Å²) in [5.74, 6) is -0.0504. The number of amides is 1. The second-order valence-corrected chi connectivity index (χ2v) is 8.78. The minimum Gasteiger partial charge on any atom is -0.496 e. The zero-order chi connectivity index (χ0) is 21.0. The number of carbonyl (C=O) groups is 1. The largest absolute Gasteiger partial charge is 0.496 e. The maximum absolute atomic E-state index is 12.3. The van der Waals surface area contributed by atoms with E-state index >= 15 is 0 Å². The predicted octanol–water partition coefficient (Wildman–Crippen LogP) is 4.96. The molecule has 0 spiro atoms. The molecule has 3 aromatic rings. The zero-order valence-electron chi connectivity index (χ0n) is 14.8. The molecule has 0 aliphatic heterocycles. The van der Waals surface area contributed by atoms with Gasteiger partial charge in [0.15, 0.2) is 8.29 Å². The lowest BCUT2D eigenvalue weighted by Gasteiger charge is -2.07. The number of ether oxygens (including phenoxy) is 1. The molecule has 3 rings (SSSR count). The maximum atomic E-state index is 12.3. The SMILES string of the molecule is COc1ccc(NC(=O)CSc2nn(-c3ccc(Cl)cc3)c(=S)s2)c([N+](=O)[O-])c1. The third kappa shape index (κ3) is 5.32. The first-order valence-corrected chi connectivity index (χ1v) is 10.6. The lowest BCUT2D eigenvalue weighted by atomic mass is 10.2. The van der Waals surface area contributed by atoms with E-state index in [0.717, 1.165) is 5.69 Å². The van der Waals surface area contributed by atoms with Gasteiger partial charge < -0.3 is 10.1 Å². The second-order valence-electron chi connectivity index (χ2n) is 5.50. The van der Waals surface area contributed by atoms with Crippen LogP contribution < -0.4 is 10.1 Å². The van der Waals surface area contributed by atoms with Gasteiger partial charge in [0.1, 0.15) is 11.4 Å². The fraction of sp³-hybridized carbons (Fsp3) is 0.118. The molecule has 150 valence electrons. The van der Waals surface area contributed by atoms with Gasteiger partial charge >= 0.3 is 0 Å². The molecule has 0 saturated carbocycles. The molecule has 0 radical (unpaired) electrons. The number of nitrogens with one attached hydrogen (secondary N) is 1. The number of anilines is 1. The van der Waals surface area contributed by atoms with Crippen molar-refractivity contribution in [2.75, 3.05) is 18.2 Å². The van der Waals surface area contributed by atoms with Gasteiger partial charge in [-0.3, -0.25) is 14.9 Å². The van der Waals surface area contributed by atoms with E-state index in [9.17, 15) is 14.9 Å². The van der Waals surface area contributed by atoms with Gasteiger partial charge in [-0.2, -0.15) is 0 Å². The summed E-state index contributed by atoms with van der Waals surface area (Å²) in [7, 11) is 1.41. The molecular weight excluding hydrogens is 456 g/mol. The van der Waals surface area contributed by atoms with Crippen molar-refractivity contribution in [1.82, 2.24) is 9.78 Å². The number of thioether (sulfide) groups is 1. The maximum Gasteiger partial charge on any atom is 0.296 e. The number of nitrogens with zero attached hydrogens (tertiary/aromatic N) is 3. The third-order valence-electron chi connectivity index (χ3n) is 3.60. The molecule has 29 heavy (non-hydrogen) atoms. The Morgan fingerprint density at radius 2 is 2.10 bits per heavy atom. The first kappa shape index (κ1) is 21.2. The van der Waals surface area contributed by atoms with Gasteiger partial charge in [-0.1, -0.05) is 34.7 Å². The van der Waals surface area contributed by atoms with Crippen molar-refractivity contribution >= 4 is 64.2 Å². The van der Waals surface area contributed by atoms with Crippen molar-refractivity contribution in [2.45, 2.75) is 4.34 Å². The van der Waals surface area contributed by atoms with Crippen molar-refractivity contribution in [3.05, 3.63) is 61.6 Å². The number of benzene rings is 2. The van der Waals surface area contributed by atoms with E-state index in [0.29, 0.717) is 19.1 Å². The topological polar surface area (TPSA) is 99.3 Å². The molecule has 0 fully saturated rings. The summed E-state index contributed by atoms with van der Waals surface area (Å²) < 4.78 is 7.70. The van der Waals surface area contributed by atoms with Gasteiger partial charge in [-0.05, 0) is 48.6 Å². The molecule has 0 aliphatic rings. The Hall–Kier alpha value is -2.47. The second kappa shape index (κ2) is 9.35. The first-order chi connectivity index (χ1) is 13.9. The molecule has 0 atom stereocenters. The molecule has 2 aromatic carbocycles. The highest BCUT2D eigenvalue weighted by Gasteiger charge is 2.18. The van der Waals surface area contributed by atoms with Gasteiger partial charge in [0, 0.05) is 5.02 Å². The predicted molar refractivity (Wildman–Crippen MR) is 116 cm³/mol. The van der Waals surface area contributed by atoms with E-state index in [2.05, 4.69) is 10.4 Å². The summed E-state index contributed by atoms with van der Waals surface area (Å²) in [4.78, 5) is 22.9. The normalized spacial score (nSPS) is 10.6. The number of nitro benzene ring substituents is 1. The molecule has 8 nitrogen and oxygen atoms in total. The summed E-state index contributed by atoms with van der Waals surface area (Å²) in [6.45, 7) is 0. The Morgan fingerprint density at radius 3 is 2.76 bits per heavy atom. The van der Waals surface area contributed by atoms with E-state index in [1.54, 1.807) is 28.9 Å². The Labute approximate surface area is 183 Å². The molecule has 1 aromatic heterocycles. The van der Waals surface area contributed by atoms with Crippen molar-refractivity contribution in [1.29, 1.82) is 0 Å². The zero-order valence-corrected chi connectivity index (χ0v) is 18.0. The van der Waals surface area contributed by atoms with E-state index in [1.165, 1.54) is 48.4 Å². The van der Waals surface area contributed by atoms with Crippen LogP contribution in [-0.2, 0) is 4.79 Å². The number of nitro groups is 1. The van der Waals surface area contributed by atoms with Gasteiger partial charge in [0.05, 0.1) is 29.5 Å². The van der Waals surface area contributed by atoms with Crippen LogP contribution in [0.15, 0.2) is 46.8 Å². The van der Waals surface area contributed by atoms with E-state index in [1.807, 2.05) is 0 Å². The standard InChI is InChI=1S/C17H13ClN4O4S3/c1-26-12-6-7-13(14(8-12)22(24)25)19-15(23)9-28-16-20-21(17(27)29-16)11-4-2-10(18)3-5-11/h2-8H,9H2,1H3,(H,19,23). The van der Waals surface area contributed by atoms with Gasteiger partial charge in [0.25, 0.3) is 5.69 Å². The summed E-state index contributed by atoms with van der Waals surface area (Å²) in [6, 6.07) is 11.3. The van der Waals surface area contributed by atoms with E-state index in [-0.39, 0.29) is 17.1 Å². The average molecular weight is 469 g/mol. The van der Waals surface area contributed by atoms with Crippen LogP contribution in [0, 0.1) is 14.1 Å². The molecule has 1 N–H and O–H groups in total. The van der Waals surface area contributed by atoms with Gasteiger partial charge in [-0.15, -0.1) is 5.10 Å². The van der Waals surface area contributed by atoms with Crippen molar-refractivity contribution < 1.29 is 14.5 Å². The number of hydrogen-bond donors (Lipinski definition) is 1. The molecule has 1 heterocycles. The van der Waals surface area contributed by atoms with Gasteiger partial charge in [0.2, 0.25) is 5.91 Å². The molecule has 12 heteroatoms. The van der Waals surface area contributed by atoms with Gasteiger partial charge in [-0.25, -0.2) is 4.68 Å². The van der Waals surface area contributed by atoms with Crippen molar-refractivity contribution in [3.8, 4) is 11.4 Å². The highest BCUT2D eigenvalue weighted by Crippen LogP contribution is 2.30. The van der Waals surface area contributed by atoms with E-state index < -0.39 is 10.8 Å². The van der Waals surface area contributed by atoms with Crippen LogP contribution in [0.25, 0.3) is 5.69 Å². The Kier molecular flexibility index (Phi) is 6.85. The lowest BCUT2D eigenvalue weighted by molar-refractivity contribution is -0.384. The number of carbonyl (C=O) groups excluding carboxylic acids is 1. The summed E-state index contributed by atoms with van der Waals surface area (Å²) in [5, 5.41) is 18.8. The lowest BCUT2D eigenvalue weighted by Crippen LogP contribution is -2.15. The first-order valence-electron chi connectivity index (χ1n) is 7.98. The molecule has 1 amide bonds. The fourth-order valence-corrected chi connectivity index (χ4v) is 4.56. The van der Waals surface area contributed by atoms with Crippen LogP contribution in [-0.4, -0.2) is 33.5 Å². The smallest absolute Gasteiger partial charge is 0.296 e. The van der Waals surface area contributed by atoms with Crippen molar-refractivity contribution in [3.63, 3.8) is 0 Å². The Balaban J connectivity index is 1.67.